The largest absolute Gasteiger partial charge is 0.269 e. The first kappa shape index (κ1) is 24.6. The van der Waals surface area contributed by atoms with E-state index < -0.39 is 20.0 Å². The molecule has 0 fully saturated rings. The lowest BCUT2D eigenvalue weighted by atomic mass is 10.1. The molecule has 0 unspecified atom stereocenters. The van der Waals surface area contributed by atoms with Crippen molar-refractivity contribution in [3.8, 4) is 11.1 Å². The molecule has 178 valence electrons. The van der Waals surface area contributed by atoms with Crippen LogP contribution in [0.3, 0.4) is 0 Å². The summed E-state index contributed by atoms with van der Waals surface area (Å²) in [7, 11) is -7.61. The molecular formula is C24H24BrN3O4S2. The van der Waals surface area contributed by atoms with Gasteiger partial charge in [0, 0.05) is 40.9 Å². The van der Waals surface area contributed by atoms with E-state index in [0.29, 0.717) is 34.1 Å². The summed E-state index contributed by atoms with van der Waals surface area (Å²) in [6, 6.07) is 14.9. The third-order valence-corrected chi connectivity index (χ3v) is 9.79. The van der Waals surface area contributed by atoms with Crippen LogP contribution in [0.5, 0.6) is 0 Å². The molecule has 0 saturated carbocycles. The van der Waals surface area contributed by atoms with Crippen LogP contribution in [0.4, 0.5) is 0 Å². The van der Waals surface area contributed by atoms with Crippen LogP contribution in [0.15, 0.2) is 81.3 Å². The Labute approximate surface area is 208 Å². The molecule has 34 heavy (non-hydrogen) atoms. The van der Waals surface area contributed by atoms with Crippen LogP contribution in [-0.4, -0.2) is 43.2 Å². The minimum Gasteiger partial charge on any atom is -0.236 e. The summed E-state index contributed by atoms with van der Waals surface area (Å²) in [5, 5.41) is 0.586. The SMILES string of the molecule is CCN(CC)S(=O)(=O)c1cccc(-c2cn(S(=O)(=O)c3ccc(C)cc3)c3ncc(Br)cc23)c1. The number of nitrogens with zero attached hydrogens (tertiary/aromatic N) is 3. The zero-order valence-corrected chi connectivity index (χ0v) is 22.2. The molecule has 0 saturated heterocycles. The number of aryl methyl sites for hydroxylation is 1. The zero-order valence-electron chi connectivity index (χ0n) is 18.9. The molecular weight excluding hydrogens is 538 g/mol. The minimum atomic E-state index is -3.93. The van der Waals surface area contributed by atoms with Crippen LogP contribution in [0.2, 0.25) is 0 Å². The molecule has 0 atom stereocenters. The second-order valence-corrected chi connectivity index (χ2v) is 12.5. The monoisotopic (exact) mass is 561 g/mol. The third kappa shape index (κ3) is 4.31. The molecule has 4 aromatic rings. The Kier molecular flexibility index (Phi) is 6.69. The van der Waals surface area contributed by atoms with Gasteiger partial charge in [-0.3, -0.25) is 0 Å². The molecule has 0 amide bonds. The Morgan fingerprint density at radius 2 is 1.62 bits per heavy atom. The lowest BCUT2D eigenvalue weighted by molar-refractivity contribution is 0.445. The Morgan fingerprint density at radius 1 is 0.941 bits per heavy atom. The molecule has 0 spiro atoms. The molecule has 4 rings (SSSR count). The van der Waals surface area contributed by atoms with Gasteiger partial charge in [-0.05, 0) is 58.7 Å². The Balaban J connectivity index is 1.94. The van der Waals surface area contributed by atoms with Gasteiger partial charge < -0.3 is 0 Å². The summed E-state index contributed by atoms with van der Waals surface area (Å²) >= 11 is 3.41. The summed E-state index contributed by atoms with van der Waals surface area (Å²) in [6.45, 7) is 6.18. The summed E-state index contributed by atoms with van der Waals surface area (Å²) in [5.41, 5.74) is 2.35. The number of hydrogen-bond acceptors (Lipinski definition) is 5. The van der Waals surface area contributed by atoms with E-state index in [0.717, 1.165) is 9.54 Å². The molecule has 2 aromatic heterocycles. The molecule has 10 heteroatoms. The molecule has 7 nitrogen and oxygen atoms in total. The summed E-state index contributed by atoms with van der Waals surface area (Å²) < 4.78 is 56.4. The molecule has 0 aliphatic heterocycles. The fraction of sp³-hybridized carbons (Fsp3) is 0.208. The number of rotatable bonds is 7. The van der Waals surface area contributed by atoms with Gasteiger partial charge in [0.05, 0.1) is 9.79 Å². The average Bonchev–Trinajstić information content (AvgIpc) is 3.19. The second-order valence-electron chi connectivity index (χ2n) is 7.80. The van der Waals surface area contributed by atoms with Gasteiger partial charge in [0.1, 0.15) is 0 Å². The first-order valence-electron chi connectivity index (χ1n) is 10.7. The molecule has 0 bridgehead atoms. The molecule has 0 radical (unpaired) electrons. The van der Waals surface area contributed by atoms with E-state index >= 15 is 0 Å². The molecule has 2 heterocycles. The normalized spacial score (nSPS) is 12.5. The Morgan fingerprint density at radius 3 is 2.26 bits per heavy atom. The maximum Gasteiger partial charge on any atom is 0.269 e. The molecule has 0 aliphatic rings. The number of benzene rings is 2. The fourth-order valence-corrected chi connectivity index (χ4v) is 6.99. The van der Waals surface area contributed by atoms with Crippen LogP contribution in [0.25, 0.3) is 22.2 Å². The van der Waals surface area contributed by atoms with Gasteiger partial charge in [-0.15, -0.1) is 0 Å². The van der Waals surface area contributed by atoms with Crippen molar-refractivity contribution < 1.29 is 16.8 Å². The van der Waals surface area contributed by atoms with E-state index in [-0.39, 0.29) is 15.4 Å². The highest BCUT2D eigenvalue weighted by Gasteiger charge is 2.25. The predicted molar refractivity (Wildman–Crippen MR) is 137 cm³/mol. The standard InChI is InChI=1S/C24H24BrN3O4S2/c1-4-27(5-2)33(29,30)21-8-6-7-18(13-21)23-16-28(24-22(23)14-19(25)15-26-24)34(31,32)20-11-9-17(3)10-12-20/h6-16H,4-5H2,1-3H3. The first-order chi connectivity index (χ1) is 16.1. The highest BCUT2D eigenvalue weighted by Crippen LogP contribution is 2.34. The van der Waals surface area contributed by atoms with Crippen LogP contribution in [0, 0.1) is 6.92 Å². The topological polar surface area (TPSA) is 89.3 Å². The quantitative estimate of drug-likeness (QED) is 0.315. The highest BCUT2D eigenvalue weighted by molar-refractivity contribution is 9.10. The van der Waals surface area contributed by atoms with E-state index in [1.165, 1.54) is 16.7 Å². The lowest BCUT2D eigenvalue weighted by Gasteiger charge is -2.18. The number of sulfonamides is 1. The maximum absolute atomic E-state index is 13.5. The number of aromatic nitrogens is 2. The number of halogens is 1. The number of hydrogen-bond donors (Lipinski definition) is 0. The average molecular weight is 563 g/mol. The Bertz CT molecular complexity index is 1570. The van der Waals surface area contributed by atoms with Gasteiger partial charge in [0.25, 0.3) is 10.0 Å². The van der Waals surface area contributed by atoms with E-state index in [4.69, 9.17) is 0 Å². The van der Waals surface area contributed by atoms with E-state index in [9.17, 15) is 16.8 Å². The summed E-state index contributed by atoms with van der Waals surface area (Å²) in [4.78, 5) is 4.67. The molecule has 0 aliphatic carbocycles. The van der Waals surface area contributed by atoms with Crippen LogP contribution in [0.1, 0.15) is 19.4 Å². The predicted octanol–water partition coefficient (Wildman–Crippen LogP) is 5.04. The van der Waals surface area contributed by atoms with Crippen molar-refractivity contribution in [3.63, 3.8) is 0 Å². The number of pyridine rings is 1. The van der Waals surface area contributed by atoms with Crippen molar-refractivity contribution in [2.24, 2.45) is 0 Å². The third-order valence-electron chi connectivity index (χ3n) is 5.64. The van der Waals surface area contributed by atoms with E-state index in [1.54, 1.807) is 68.4 Å². The van der Waals surface area contributed by atoms with Crippen molar-refractivity contribution in [1.29, 1.82) is 0 Å². The summed E-state index contributed by atoms with van der Waals surface area (Å²) in [6.07, 6.45) is 3.04. The zero-order chi connectivity index (χ0) is 24.7. The van der Waals surface area contributed by atoms with Gasteiger partial charge in [0.15, 0.2) is 5.65 Å². The highest BCUT2D eigenvalue weighted by atomic mass is 79.9. The Hall–Kier alpha value is -2.53. The molecule has 0 N–H and O–H groups in total. The van der Waals surface area contributed by atoms with E-state index in [2.05, 4.69) is 20.9 Å². The molecule has 2 aromatic carbocycles. The smallest absolute Gasteiger partial charge is 0.236 e. The minimum absolute atomic E-state index is 0.143. The van der Waals surface area contributed by atoms with Crippen molar-refractivity contribution >= 4 is 47.0 Å². The number of fused-ring (bicyclic) bond motifs is 1. The fourth-order valence-electron chi connectivity index (χ4n) is 3.83. The van der Waals surface area contributed by atoms with Crippen LogP contribution < -0.4 is 0 Å². The first-order valence-corrected chi connectivity index (χ1v) is 14.4. The van der Waals surface area contributed by atoms with Crippen molar-refractivity contribution in [2.45, 2.75) is 30.6 Å². The second kappa shape index (κ2) is 9.26. The maximum atomic E-state index is 13.5. The van der Waals surface area contributed by atoms with Crippen molar-refractivity contribution in [2.75, 3.05) is 13.1 Å². The van der Waals surface area contributed by atoms with Gasteiger partial charge in [-0.25, -0.2) is 25.8 Å². The van der Waals surface area contributed by atoms with Crippen LogP contribution >= 0.6 is 15.9 Å². The van der Waals surface area contributed by atoms with Crippen LogP contribution in [-0.2, 0) is 20.0 Å². The van der Waals surface area contributed by atoms with Crippen molar-refractivity contribution in [3.05, 3.63) is 77.0 Å². The van der Waals surface area contributed by atoms with Gasteiger partial charge in [0.2, 0.25) is 10.0 Å². The summed E-state index contributed by atoms with van der Waals surface area (Å²) in [5.74, 6) is 0. The van der Waals surface area contributed by atoms with Gasteiger partial charge in [-0.2, -0.15) is 4.31 Å². The van der Waals surface area contributed by atoms with E-state index in [1.807, 2.05) is 6.92 Å². The van der Waals surface area contributed by atoms with Gasteiger partial charge >= 0.3 is 0 Å². The van der Waals surface area contributed by atoms with Crippen molar-refractivity contribution in [1.82, 2.24) is 13.3 Å². The van der Waals surface area contributed by atoms with Gasteiger partial charge in [-0.1, -0.05) is 43.7 Å². The lowest BCUT2D eigenvalue weighted by Crippen LogP contribution is -2.30.